The minimum absolute atomic E-state index is 0.594. The second-order valence-corrected chi connectivity index (χ2v) is 4.82. The molecule has 1 heterocycles. The summed E-state index contributed by atoms with van der Waals surface area (Å²) in [4.78, 5) is 4.53. The van der Waals surface area contributed by atoms with E-state index in [0.29, 0.717) is 12.4 Å². The highest BCUT2D eigenvalue weighted by molar-refractivity contribution is 5.67. The number of benzene rings is 1. The Morgan fingerprint density at radius 2 is 1.72 bits per heavy atom. The number of rotatable bonds is 3. The quantitative estimate of drug-likeness (QED) is 0.902. The largest absolute Gasteiger partial charge is 0.444 e. The van der Waals surface area contributed by atoms with Crippen LogP contribution in [0.2, 0.25) is 0 Å². The van der Waals surface area contributed by atoms with Crippen LogP contribution in [0, 0.1) is 27.7 Å². The molecule has 2 N–H and O–H groups in total. The molecule has 0 radical (unpaired) electrons. The fourth-order valence-electron chi connectivity index (χ4n) is 2.22. The Kier molecular flexibility index (Phi) is 3.53. The summed E-state index contributed by atoms with van der Waals surface area (Å²) in [6.07, 6.45) is 2.46. The van der Waals surface area contributed by atoms with Crippen LogP contribution in [0.3, 0.4) is 0 Å². The summed E-state index contributed by atoms with van der Waals surface area (Å²) in [5.41, 5.74) is 12.6. The van der Waals surface area contributed by atoms with Gasteiger partial charge in [-0.05, 0) is 56.5 Å². The summed E-state index contributed by atoms with van der Waals surface area (Å²) in [5, 5.41) is 0. The fourth-order valence-corrected chi connectivity index (χ4v) is 2.22. The Morgan fingerprint density at radius 1 is 1.11 bits per heavy atom. The van der Waals surface area contributed by atoms with Gasteiger partial charge in [0.05, 0.1) is 5.69 Å². The lowest BCUT2D eigenvalue weighted by atomic mass is 9.94. The van der Waals surface area contributed by atoms with Gasteiger partial charge in [0, 0.05) is 12.0 Å². The van der Waals surface area contributed by atoms with E-state index in [4.69, 9.17) is 10.2 Å². The first-order chi connectivity index (χ1) is 8.54. The predicted octanol–water partition coefficient (Wildman–Crippen LogP) is 3.08. The van der Waals surface area contributed by atoms with Crippen molar-refractivity contribution < 1.29 is 4.42 Å². The molecule has 2 aromatic rings. The molecular formula is C15H20N2O. The van der Waals surface area contributed by atoms with E-state index in [1.807, 2.05) is 0 Å². The van der Waals surface area contributed by atoms with Crippen LogP contribution in [0.1, 0.15) is 27.9 Å². The van der Waals surface area contributed by atoms with E-state index in [1.165, 1.54) is 22.3 Å². The molecule has 0 amide bonds. The summed E-state index contributed by atoms with van der Waals surface area (Å²) < 4.78 is 5.61. The summed E-state index contributed by atoms with van der Waals surface area (Å²) in [6, 6.07) is 2.21. The zero-order valence-corrected chi connectivity index (χ0v) is 11.5. The number of oxazole rings is 1. The van der Waals surface area contributed by atoms with Crippen LogP contribution in [0.4, 0.5) is 0 Å². The summed E-state index contributed by atoms with van der Waals surface area (Å²) in [6.45, 7) is 9.06. The molecular weight excluding hydrogens is 224 g/mol. The highest BCUT2D eigenvalue weighted by atomic mass is 16.3. The van der Waals surface area contributed by atoms with Gasteiger partial charge in [-0.2, -0.15) is 0 Å². The van der Waals surface area contributed by atoms with Gasteiger partial charge in [0.1, 0.15) is 6.26 Å². The van der Waals surface area contributed by atoms with Crippen LogP contribution in [0.25, 0.3) is 11.5 Å². The third-order valence-electron chi connectivity index (χ3n) is 3.53. The van der Waals surface area contributed by atoms with E-state index in [0.717, 1.165) is 17.7 Å². The molecule has 0 aliphatic heterocycles. The Hall–Kier alpha value is -1.61. The zero-order chi connectivity index (χ0) is 13.3. The maximum absolute atomic E-state index is 5.61. The lowest BCUT2D eigenvalue weighted by molar-refractivity contribution is 0.571. The zero-order valence-electron chi connectivity index (χ0n) is 11.5. The number of aryl methyl sites for hydroxylation is 2. The fraction of sp³-hybridized carbons (Fsp3) is 0.400. The lowest BCUT2D eigenvalue weighted by Crippen LogP contribution is -2.02. The summed E-state index contributed by atoms with van der Waals surface area (Å²) in [5.74, 6) is 0.709. The molecule has 18 heavy (non-hydrogen) atoms. The monoisotopic (exact) mass is 244 g/mol. The second kappa shape index (κ2) is 4.94. The van der Waals surface area contributed by atoms with E-state index in [-0.39, 0.29) is 0 Å². The van der Waals surface area contributed by atoms with Gasteiger partial charge in [-0.25, -0.2) is 4.98 Å². The normalized spacial score (nSPS) is 10.9. The molecule has 0 fully saturated rings. The third-order valence-corrected chi connectivity index (χ3v) is 3.53. The Balaban J connectivity index is 2.55. The van der Waals surface area contributed by atoms with Gasteiger partial charge in [-0.15, -0.1) is 0 Å². The van der Waals surface area contributed by atoms with Gasteiger partial charge in [-0.1, -0.05) is 6.07 Å². The van der Waals surface area contributed by atoms with Gasteiger partial charge >= 0.3 is 0 Å². The SMILES string of the molecule is Cc1cc(C)c(C)c(-c2nc(CCN)co2)c1C. The lowest BCUT2D eigenvalue weighted by Gasteiger charge is -2.12. The first-order valence-electron chi connectivity index (χ1n) is 6.26. The van der Waals surface area contributed by atoms with Crippen molar-refractivity contribution in [1.29, 1.82) is 0 Å². The Bertz CT molecular complexity index is 544. The standard InChI is InChI=1S/C15H20N2O/c1-9-7-10(2)12(4)14(11(9)3)15-17-13(5-6-16)8-18-15/h7-8H,5-6,16H2,1-4H3. The molecule has 1 aromatic heterocycles. The van der Waals surface area contributed by atoms with E-state index in [9.17, 15) is 0 Å². The van der Waals surface area contributed by atoms with Crippen LogP contribution < -0.4 is 5.73 Å². The van der Waals surface area contributed by atoms with Crippen molar-refractivity contribution in [1.82, 2.24) is 4.98 Å². The van der Waals surface area contributed by atoms with Crippen molar-refractivity contribution in [2.45, 2.75) is 34.1 Å². The maximum Gasteiger partial charge on any atom is 0.226 e. The number of hydrogen-bond donors (Lipinski definition) is 1. The highest BCUT2D eigenvalue weighted by Crippen LogP contribution is 2.30. The molecule has 0 bridgehead atoms. The maximum atomic E-state index is 5.61. The van der Waals surface area contributed by atoms with Crippen molar-refractivity contribution in [2.75, 3.05) is 6.54 Å². The van der Waals surface area contributed by atoms with Crippen molar-refractivity contribution >= 4 is 0 Å². The molecule has 0 aliphatic rings. The molecule has 2 rings (SSSR count). The average molecular weight is 244 g/mol. The molecule has 0 atom stereocenters. The van der Waals surface area contributed by atoms with Crippen molar-refractivity contribution in [3.63, 3.8) is 0 Å². The minimum Gasteiger partial charge on any atom is -0.444 e. The van der Waals surface area contributed by atoms with Crippen LogP contribution in [0.15, 0.2) is 16.7 Å². The van der Waals surface area contributed by atoms with Crippen LogP contribution >= 0.6 is 0 Å². The molecule has 1 aromatic carbocycles. The highest BCUT2D eigenvalue weighted by Gasteiger charge is 2.15. The van der Waals surface area contributed by atoms with E-state index in [1.54, 1.807) is 6.26 Å². The number of nitrogens with zero attached hydrogens (tertiary/aromatic N) is 1. The van der Waals surface area contributed by atoms with Crippen LogP contribution in [-0.2, 0) is 6.42 Å². The van der Waals surface area contributed by atoms with Gasteiger partial charge in [0.25, 0.3) is 0 Å². The van der Waals surface area contributed by atoms with Gasteiger partial charge in [0.2, 0.25) is 5.89 Å². The Labute approximate surface area is 108 Å². The first kappa shape index (κ1) is 12.8. The second-order valence-electron chi connectivity index (χ2n) is 4.82. The molecule has 3 nitrogen and oxygen atoms in total. The summed E-state index contributed by atoms with van der Waals surface area (Å²) >= 11 is 0. The average Bonchev–Trinajstić information content (AvgIpc) is 2.76. The molecule has 96 valence electrons. The minimum atomic E-state index is 0.594. The van der Waals surface area contributed by atoms with Crippen molar-refractivity contribution in [3.8, 4) is 11.5 Å². The molecule has 0 spiro atoms. The predicted molar refractivity (Wildman–Crippen MR) is 73.6 cm³/mol. The molecule has 0 saturated carbocycles. The van der Waals surface area contributed by atoms with Crippen LogP contribution in [0.5, 0.6) is 0 Å². The number of nitrogens with two attached hydrogens (primary N) is 1. The molecule has 0 saturated heterocycles. The summed E-state index contributed by atoms with van der Waals surface area (Å²) in [7, 11) is 0. The van der Waals surface area contributed by atoms with Gasteiger partial charge in [-0.3, -0.25) is 0 Å². The third kappa shape index (κ3) is 2.18. The number of hydrogen-bond acceptors (Lipinski definition) is 3. The van der Waals surface area contributed by atoms with Gasteiger partial charge in [0.15, 0.2) is 0 Å². The molecule has 0 unspecified atom stereocenters. The first-order valence-corrected chi connectivity index (χ1v) is 6.26. The van der Waals surface area contributed by atoms with Crippen molar-refractivity contribution in [2.24, 2.45) is 5.73 Å². The van der Waals surface area contributed by atoms with E-state index >= 15 is 0 Å². The van der Waals surface area contributed by atoms with E-state index < -0.39 is 0 Å². The topological polar surface area (TPSA) is 52.0 Å². The van der Waals surface area contributed by atoms with E-state index in [2.05, 4.69) is 38.7 Å². The van der Waals surface area contributed by atoms with Crippen molar-refractivity contribution in [3.05, 3.63) is 40.3 Å². The number of aromatic nitrogens is 1. The molecule has 0 aliphatic carbocycles. The van der Waals surface area contributed by atoms with Crippen LogP contribution in [-0.4, -0.2) is 11.5 Å². The smallest absolute Gasteiger partial charge is 0.226 e. The molecule has 3 heteroatoms. The Morgan fingerprint density at radius 3 is 2.28 bits per heavy atom. The van der Waals surface area contributed by atoms with Gasteiger partial charge < -0.3 is 10.2 Å².